The molecule has 4 nitrogen and oxygen atoms in total. The lowest BCUT2D eigenvalue weighted by Crippen LogP contribution is -2.89. The molecule has 1 aliphatic rings. The largest absolute Gasteiger partial charge is 0.507 e. The molecule has 148 valence electrons. The second-order valence-corrected chi connectivity index (χ2v) is 7.78. The van der Waals surface area contributed by atoms with E-state index in [-0.39, 0.29) is 18.0 Å². The van der Waals surface area contributed by atoms with E-state index >= 15 is 0 Å². The van der Waals surface area contributed by atoms with Crippen LogP contribution in [0.2, 0.25) is 10.0 Å². The number of nitrogens with two attached hydrogens (primary N) is 1. The van der Waals surface area contributed by atoms with Gasteiger partial charge in [-0.15, -0.1) is 0 Å². The van der Waals surface area contributed by atoms with Crippen LogP contribution in [-0.4, -0.2) is 12.2 Å². The average Bonchev–Trinajstić information content (AvgIpc) is 2.75. The Bertz CT molecular complexity index is 1050. The van der Waals surface area contributed by atoms with Crippen LogP contribution >= 0.6 is 23.2 Å². The van der Waals surface area contributed by atoms with Crippen LogP contribution in [0.5, 0.6) is 11.5 Å². The number of halogens is 2. The van der Waals surface area contributed by atoms with Gasteiger partial charge in [-0.25, -0.2) is 0 Å². The third-order valence-electron chi connectivity index (χ3n) is 5.02. The maximum Gasteiger partial charge on any atom is 0.186 e. The van der Waals surface area contributed by atoms with Crippen LogP contribution in [0.15, 0.2) is 72.8 Å². The van der Waals surface area contributed by atoms with Gasteiger partial charge in [0.05, 0.1) is 12.7 Å². The average molecular weight is 428 g/mol. The Morgan fingerprint density at radius 1 is 0.966 bits per heavy atom. The summed E-state index contributed by atoms with van der Waals surface area (Å²) < 4.78 is 5.38. The van der Waals surface area contributed by atoms with E-state index in [0.717, 1.165) is 28.1 Å². The second kappa shape index (κ2) is 8.37. The predicted octanol–water partition coefficient (Wildman–Crippen LogP) is 4.66. The number of hydrogen-bond acceptors (Lipinski definition) is 3. The first-order chi connectivity index (χ1) is 14.0. The maximum atomic E-state index is 10.5. The summed E-state index contributed by atoms with van der Waals surface area (Å²) in [4.78, 5) is 0. The van der Waals surface area contributed by atoms with Gasteiger partial charge in [0.1, 0.15) is 17.5 Å². The molecule has 3 aromatic rings. The summed E-state index contributed by atoms with van der Waals surface area (Å²) in [5.74, 6) is 0.999. The van der Waals surface area contributed by atoms with Gasteiger partial charge >= 0.3 is 0 Å². The molecule has 3 aromatic carbocycles. The fourth-order valence-electron chi connectivity index (χ4n) is 3.53. The summed E-state index contributed by atoms with van der Waals surface area (Å²) in [6, 6.07) is 20.6. The van der Waals surface area contributed by atoms with E-state index in [0.29, 0.717) is 10.0 Å². The number of hydrogen-bond donors (Lipinski definition) is 3. The van der Waals surface area contributed by atoms with Gasteiger partial charge in [-0.1, -0.05) is 35.3 Å². The summed E-state index contributed by atoms with van der Waals surface area (Å²) in [6.45, 7) is 0. The Hall–Kier alpha value is -2.66. The number of phenols is 1. The molecule has 1 heterocycles. The fraction of sp³-hybridized carbons (Fsp3) is 0.130. The van der Waals surface area contributed by atoms with E-state index < -0.39 is 0 Å². The molecule has 2 atom stereocenters. The van der Waals surface area contributed by atoms with Gasteiger partial charge in [-0.3, -0.25) is 0 Å². The number of quaternary nitrogens is 1. The molecule has 1 aliphatic heterocycles. The number of nitrogens with one attached hydrogen (secondary N) is 1. The molecule has 0 saturated carbocycles. The maximum absolute atomic E-state index is 10.5. The number of benzene rings is 3. The lowest BCUT2D eigenvalue weighted by atomic mass is 9.98. The summed E-state index contributed by atoms with van der Waals surface area (Å²) in [5.41, 5.74) is 3.80. The van der Waals surface area contributed by atoms with Gasteiger partial charge in [0.15, 0.2) is 6.17 Å². The van der Waals surface area contributed by atoms with Crippen molar-refractivity contribution in [1.82, 2.24) is 5.32 Å². The zero-order chi connectivity index (χ0) is 20.4. The molecule has 4 rings (SSSR count). The van der Waals surface area contributed by atoms with Crippen LogP contribution in [0.4, 0.5) is 0 Å². The molecular weight excluding hydrogens is 407 g/mol. The highest BCUT2D eigenvalue weighted by atomic mass is 35.5. The molecule has 0 radical (unpaired) electrons. The minimum absolute atomic E-state index is 0.0677. The number of aromatic hydroxyl groups is 1. The van der Waals surface area contributed by atoms with Gasteiger partial charge in [0, 0.05) is 32.9 Å². The molecule has 0 bridgehead atoms. The number of ether oxygens (including phenoxy) is 1. The van der Waals surface area contributed by atoms with Crippen molar-refractivity contribution in [2.75, 3.05) is 7.11 Å². The number of methoxy groups -OCH3 is 1. The Morgan fingerprint density at radius 3 is 2.48 bits per heavy atom. The Kier molecular flexibility index (Phi) is 5.67. The molecule has 0 aromatic heterocycles. The summed E-state index contributed by atoms with van der Waals surface area (Å²) in [7, 11) is 1.65. The van der Waals surface area contributed by atoms with E-state index in [1.54, 1.807) is 19.2 Å². The molecular formula is C23H21Cl2N2O2+. The molecule has 0 fully saturated rings. The van der Waals surface area contributed by atoms with Crippen LogP contribution < -0.4 is 15.4 Å². The summed E-state index contributed by atoms with van der Waals surface area (Å²) in [6.07, 6.45) is 2.02. The van der Waals surface area contributed by atoms with Gasteiger partial charge in [0.2, 0.25) is 0 Å². The van der Waals surface area contributed by atoms with E-state index in [4.69, 9.17) is 27.9 Å². The van der Waals surface area contributed by atoms with Crippen molar-refractivity contribution in [2.45, 2.75) is 12.2 Å². The number of phenolic OH excluding ortho intramolecular Hbond substituents is 1. The third-order valence-corrected chi connectivity index (χ3v) is 5.50. The van der Waals surface area contributed by atoms with Crippen molar-refractivity contribution < 1.29 is 15.2 Å². The van der Waals surface area contributed by atoms with Crippen molar-refractivity contribution in [3.63, 3.8) is 0 Å². The fourth-order valence-corrected chi connectivity index (χ4v) is 3.83. The number of rotatable bonds is 4. The minimum atomic E-state index is -0.128. The van der Waals surface area contributed by atoms with E-state index in [1.165, 1.54) is 0 Å². The molecule has 6 heteroatoms. The van der Waals surface area contributed by atoms with Crippen LogP contribution in [0, 0.1) is 0 Å². The first-order valence-electron chi connectivity index (χ1n) is 9.25. The van der Waals surface area contributed by atoms with Gasteiger partial charge < -0.3 is 20.5 Å². The topological polar surface area (TPSA) is 58.1 Å². The van der Waals surface area contributed by atoms with E-state index in [9.17, 15) is 5.11 Å². The molecule has 0 saturated heterocycles. The van der Waals surface area contributed by atoms with Gasteiger partial charge in [-0.05, 0) is 54.6 Å². The standard InChI is InChI=1S/C23H20Cl2N2O2/c1-29-18-4-2-3-15(11-18)20-13-21(19-12-17(25)9-10-22(19)28)27-23(26-20)14-5-7-16(24)8-6-14/h2-13,21,23,26-28H,1H3/p+1. The highest BCUT2D eigenvalue weighted by Crippen LogP contribution is 2.31. The SMILES string of the molecule is COc1cccc(C2=CC(c3cc(Cl)ccc3O)[NH2+]C(c3ccc(Cl)cc3)N2)c1. The third kappa shape index (κ3) is 4.35. The van der Waals surface area contributed by atoms with E-state index in [2.05, 4.69) is 16.7 Å². The zero-order valence-corrected chi connectivity index (χ0v) is 17.3. The second-order valence-electron chi connectivity index (χ2n) is 6.91. The summed E-state index contributed by atoms with van der Waals surface area (Å²) in [5, 5.41) is 17.5. The molecule has 0 aliphatic carbocycles. The lowest BCUT2D eigenvalue weighted by Gasteiger charge is -2.30. The molecule has 2 unspecified atom stereocenters. The van der Waals surface area contributed by atoms with Gasteiger partial charge in [-0.2, -0.15) is 0 Å². The first-order valence-corrected chi connectivity index (χ1v) is 10.0. The van der Waals surface area contributed by atoms with Gasteiger partial charge in [0.25, 0.3) is 0 Å². The molecule has 29 heavy (non-hydrogen) atoms. The van der Waals surface area contributed by atoms with Crippen molar-refractivity contribution in [3.05, 3.63) is 99.5 Å². The minimum Gasteiger partial charge on any atom is -0.507 e. The highest BCUT2D eigenvalue weighted by molar-refractivity contribution is 6.30. The van der Waals surface area contributed by atoms with Crippen LogP contribution in [0.25, 0.3) is 5.70 Å². The quantitative estimate of drug-likeness (QED) is 0.567. The van der Waals surface area contributed by atoms with Crippen LogP contribution in [-0.2, 0) is 0 Å². The van der Waals surface area contributed by atoms with Crippen molar-refractivity contribution in [3.8, 4) is 11.5 Å². The normalized spacial score (nSPS) is 18.7. The van der Waals surface area contributed by atoms with Crippen molar-refractivity contribution in [1.29, 1.82) is 0 Å². The monoisotopic (exact) mass is 427 g/mol. The van der Waals surface area contributed by atoms with Crippen LogP contribution in [0.1, 0.15) is 28.9 Å². The zero-order valence-electron chi connectivity index (χ0n) is 15.8. The van der Waals surface area contributed by atoms with Crippen molar-refractivity contribution >= 4 is 28.9 Å². The Morgan fingerprint density at radius 2 is 1.72 bits per heavy atom. The Labute approximate surface area is 179 Å². The van der Waals surface area contributed by atoms with Crippen molar-refractivity contribution in [2.24, 2.45) is 0 Å². The molecule has 4 N–H and O–H groups in total. The smallest absolute Gasteiger partial charge is 0.186 e. The predicted molar refractivity (Wildman–Crippen MR) is 116 cm³/mol. The lowest BCUT2D eigenvalue weighted by molar-refractivity contribution is -0.731. The molecule has 0 spiro atoms. The summed E-state index contributed by atoms with van der Waals surface area (Å²) >= 11 is 12.3. The van der Waals surface area contributed by atoms with E-state index in [1.807, 2.05) is 54.6 Å². The first kappa shape index (κ1) is 19.6. The van der Waals surface area contributed by atoms with Crippen LogP contribution in [0.3, 0.4) is 0 Å². The highest BCUT2D eigenvalue weighted by Gasteiger charge is 2.29. The molecule has 0 amide bonds. The Balaban J connectivity index is 1.78.